The molecule has 3 aromatic rings. The molecule has 2 aliphatic carbocycles. The van der Waals surface area contributed by atoms with Gasteiger partial charge in [-0.1, -0.05) is 17.3 Å². The first-order chi connectivity index (χ1) is 13.6. The fourth-order valence-corrected chi connectivity index (χ4v) is 3.81. The van der Waals surface area contributed by atoms with Gasteiger partial charge in [0.05, 0.1) is 29.8 Å². The van der Waals surface area contributed by atoms with Crippen molar-refractivity contribution in [1.29, 1.82) is 0 Å². The largest absolute Gasteiger partial charge is 0.497 e. The SMILES string of the molecule is COc1ccc([C@@H](NC(=O)c2cc(C3CC3)nc3onc(C)c23)C2CC2)cc1. The van der Waals surface area contributed by atoms with Crippen molar-refractivity contribution in [2.24, 2.45) is 5.92 Å². The smallest absolute Gasteiger partial charge is 0.259 e. The molecule has 0 radical (unpaired) electrons. The Morgan fingerprint density at radius 2 is 1.96 bits per heavy atom. The molecule has 6 heteroatoms. The van der Waals surface area contributed by atoms with E-state index < -0.39 is 0 Å². The molecule has 1 atom stereocenters. The van der Waals surface area contributed by atoms with Crippen molar-refractivity contribution < 1.29 is 14.1 Å². The van der Waals surface area contributed by atoms with Crippen LogP contribution in [-0.2, 0) is 0 Å². The minimum absolute atomic E-state index is 0.00818. The van der Waals surface area contributed by atoms with Crippen molar-refractivity contribution in [3.8, 4) is 5.75 Å². The molecule has 5 rings (SSSR count). The molecule has 2 aromatic heterocycles. The predicted molar refractivity (Wildman–Crippen MR) is 104 cm³/mol. The summed E-state index contributed by atoms with van der Waals surface area (Å²) in [5.74, 6) is 1.63. The van der Waals surface area contributed by atoms with Gasteiger partial charge in [-0.05, 0) is 62.3 Å². The number of methoxy groups -OCH3 is 1. The lowest BCUT2D eigenvalue weighted by molar-refractivity contribution is 0.0933. The highest BCUT2D eigenvalue weighted by Crippen LogP contribution is 2.42. The summed E-state index contributed by atoms with van der Waals surface area (Å²) in [6, 6.07) is 9.87. The molecule has 0 saturated heterocycles. The number of pyridine rings is 1. The van der Waals surface area contributed by atoms with Crippen LogP contribution in [0.15, 0.2) is 34.9 Å². The lowest BCUT2D eigenvalue weighted by Gasteiger charge is -2.19. The number of rotatable bonds is 6. The molecule has 2 aliphatic rings. The van der Waals surface area contributed by atoms with Crippen LogP contribution in [-0.4, -0.2) is 23.2 Å². The Morgan fingerprint density at radius 1 is 1.21 bits per heavy atom. The number of benzene rings is 1. The van der Waals surface area contributed by atoms with Crippen molar-refractivity contribution in [3.05, 3.63) is 52.8 Å². The zero-order chi connectivity index (χ0) is 19.3. The van der Waals surface area contributed by atoms with Crippen molar-refractivity contribution >= 4 is 17.0 Å². The van der Waals surface area contributed by atoms with Crippen LogP contribution in [0.1, 0.15) is 65.0 Å². The second-order valence-corrected chi connectivity index (χ2v) is 7.88. The topological polar surface area (TPSA) is 77.2 Å². The van der Waals surface area contributed by atoms with E-state index in [2.05, 4.69) is 15.5 Å². The average Bonchev–Trinajstić information content (AvgIpc) is 3.63. The van der Waals surface area contributed by atoms with Crippen LogP contribution in [0.25, 0.3) is 11.1 Å². The number of nitrogens with one attached hydrogen (secondary N) is 1. The molecular formula is C22H23N3O3. The number of aryl methyl sites for hydroxylation is 1. The summed E-state index contributed by atoms with van der Waals surface area (Å²) in [5, 5.41) is 8.01. The first-order valence-electron chi connectivity index (χ1n) is 9.86. The van der Waals surface area contributed by atoms with E-state index >= 15 is 0 Å². The summed E-state index contributed by atoms with van der Waals surface area (Å²) < 4.78 is 10.6. The third kappa shape index (κ3) is 3.13. The van der Waals surface area contributed by atoms with Gasteiger partial charge in [-0.25, -0.2) is 4.98 Å². The number of amides is 1. The Bertz CT molecular complexity index is 1030. The Balaban J connectivity index is 1.48. The molecule has 0 spiro atoms. The molecule has 2 heterocycles. The van der Waals surface area contributed by atoms with Gasteiger partial charge in [0, 0.05) is 11.6 Å². The van der Waals surface area contributed by atoms with Crippen LogP contribution < -0.4 is 10.1 Å². The average molecular weight is 377 g/mol. The number of nitrogens with zero attached hydrogens (tertiary/aromatic N) is 2. The number of aromatic nitrogens is 2. The molecule has 0 unspecified atom stereocenters. The van der Waals surface area contributed by atoms with Gasteiger partial charge in [0.2, 0.25) is 0 Å². The van der Waals surface area contributed by atoms with E-state index in [9.17, 15) is 4.79 Å². The van der Waals surface area contributed by atoms with Crippen LogP contribution in [0.3, 0.4) is 0 Å². The monoisotopic (exact) mass is 377 g/mol. The number of ether oxygens (including phenoxy) is 1. The van der Waals surface area contributed by atoms with E-state index in [-0.39, 0.29) is 11.9 Å². The highest BCUT2D eigenvalue weighted by atomic mass is 16.5. The van der Waals surface area contributed by atoms with Crippen molar-refractivity contribution in [1.82, 2.24) is 15.5 Å². The fraction of sp³-hybridized carbons (Fsp3) is 0.409. The highest BCUT2D eigenvalue weighted by Gasteiger charge is 2.35. The van der Waals surface area contributed by atoms with Gasteiger partial charge >= 0.3 is 0 Å². The van der Waals surface area contributed by atoms with E-state index in [4.69, 9.17) is 9.26 Å². The van der Waals surface area contributed by atoms with E-state index in [1.807, 2.05) is 37.3 Å². The summed E-state index contributed by atoms with van der Waals surface area (Å²) in [6.07, 6.45) is 4.48. The quantitative estimate of drug-likeness (QED) is 0.693. The van der Waals surface area contributed by atoms with Crippen LogP contribution in [0, 0.1) is 12.8 Å². The standard InChI is InChI=1S/C22H23N3O3/c1-12-19-17(11-18(13-3-4-13)23-22(19)28-25-12)21(26)24-20(14-5-6-14)15-7-9-16(27-2)10-8-15/h7-11,13-14,20H,3-6H2,1-2H3,(H,24,26)/t20-/m0/s1. The number of carbonyl (C=O) groups excluding carboxylic acids is 1. The van der Waals surface area contributed by atoms with Crippen LogP contribution in [0.5, 0.6) is 5.75 Å². The Labute approximate surface area is 163 Å². The summed E-state index contributed by atoms with van der Waals surface area (Å²) in [7, 11) is 1.66. The maximum absolute atomic E-state index is 13.3. The van der Waals surface area contributed by atoms with Crippen LogP contribution >= 0.6 is 0 Å². The zero-order valence-electron chi connectivity index (χ0n) is 16.1. The van der Waals surface area contributed by atoms with Gasteiger partial charge in [-0.15, -0.1) is 0 Å². The van der Waals surface area contributed by atoms with E-state index in [0.29, 0.717) is 34.2 Å². The zero-order valence-corrected chi connectivity index (χ0v) is 16.1. The first kappa shape index (κ1) is 17.2. The van der Waals surface area contributed by atoms with Crippen molar-refractivity contribution in [2.45, 2.75) is 44.6 Å². The Kier molecular flexibility index (Phi) is 4.07. The molecular weight excluding hydrogens is 354 g/mol. The molecule has 0 bridgehead atoms. The molecule has 144 valence electrons. The van der Waals surface area contributed by atoms with Crippen molar-refractivity contribution in [3.63, 3.8) is 0 Å². The molecule has 2 fully saturated rings. The Morgan fingerprint density at radius 3 is 2.61 bits per heavy atom. The van der Waals surface area contributed by atoms with E-state index in [0.717, 1.165) is 42.7 Å². The van der Waals surface area contributed by atoms with Gasteiger partial charge in [0.15, 0.2) is 0 Å². The number of hydrogen-bond acceptors (Lipinski definition) is 5. The normalized spacial score (nSPS) is 17.5. The van der Waals surface area contributed by atoms with Gasteiger partial charge in [0.1, 0.15) is 5.75 Å². The summed E-state index contributed by atoms with van der Waals surface area (Å²) in [6.45, 7) is 1.85. The molecule has 1 N–H and O–H groups in total. The summed E-state index contributed by atoms with van der Waals surface area (Å²) in [4.78, 5) is 17.9. The minimum Gasteiger partial charge on any atom is -0.497 e. The molecule has 0 aliphatic heterocycles. The lowest BCUT2D eigenvalue weighted by Crippen LogP contribution is -2.30. The van der Waals surface area contributed by atoms with Crippen LogP contribution in [0.4, 0.5) is 0 Å². The molecule has 6 nitrogen and oxygen atoms in total. The van der Waals surface area contributed by atoms with Crippen LogP contribution in [0.2, 0.25) is 0 Å². The maximum atomic E-state index is 13.3. The van der Waals surface area contributed by atoms with E-state index in [1.54, 1.807) is 7.11 Å². The summed E-state index contributed by atoms with van der Waals surface area (Å²) in [5.41, 5.74) is 3.80. The summed E-state index contributed by atoms with van der Waals surface area (Å²) >= 11 is 0. The number of hydrogen-bond donors (Lipinski definition) is 1. The number of fused-ring (bicyclic) bond motifs is 1. The van der Waals surface area contributed by atoms with Gasteiger partial charge in [0.25, 0.3) is 11.6 Å². The predicted octanol–water partition coefficient (Wildman–Crippen LogP) is 4.30. The molecule has 2 saturated carbocycles. The maximum Gasteiger partial charge on any atom is 0.259 e. The first-order valence-corrected chi connectivity index (χ1v) is 9.86. The molecule has 1 aromatic carbocycles. The third-order valence-electron chi connectivity index (χ3n) is 5.73. The van der Waals surface area contributed by atoms with Gasteiger partial charge in [-0.2, -0.15) is 0 Å². The Hall–Kier alpha value is -2.89. The fourth-order valence-electron chi connectivity index (χ4n) is 3.81. The molecule has 1 amide bonds. The van der Waals surface area contributed by atoms with Gasteiger partial charge in [-0.3, -0.25) is 4.79 Å². The second kappa shape index (κ2) is 6.62. The second-order valence-electron chi connectivity index (χ2n) is 7.88. The van der Waals surface area contributed by atoms with Gasteiger partial charge < -0.3 is 14.6 Å². The minimum atomic E-state index is -0.0895. The highest BCUT2D eigenvalue weighted by molar-refractivity contribution is 6.06. The third-order valence-corrected chi connectivity index (χ3v) is 5.73. The lowest BCUT2D eigenvalue weighted by atomic mass is 10.0. The number of carbonyl (C=O) groups is 1. The van der Waals surface area contributed by atoms with Crippen molar-refractivity contribution in [2.75, 3.05) is 7.11 Å². The van der Waals surface area contributed by atoms with E-state index in [1.165, 1.54) is 0 Å². The molecule has 28 heavy (non-hydrogen) atoms.